The third-order valence-electron chi connectivity index (χ3n) is 12.4. The second-order valence-corrected chi connectivity index (χ2v) is 15.6. The van der Waals surface area contributed by atoms with E-state index < -0.39 is 11.9 Å². The van der Waals surface area contributed by atoms with E-state index in [1.165, 1.54) is 16.7 Å². The summed E-state index contributed by atoms with van der Waals surface area (Å²) in [5.41, 5.74) is 3.60. The lowest BCUT2D eigenvalue weighted by Gasteiger charge is -2.55. The summed E-state index contributed by atoms with van der Waals surface area (Å²) in [5.74, 6) is 0.839. The molecular formula is C40H49FN6O4. The summed E-state index contributed by atoms with van der Waals surface area (Å²) >= 11 is 0. The number of carbonyl (C=O) groups excluding carboxylic acids is 2. The van der Waals surface area contributed by atoms with Gasteiger partial charge in [0, 0.05) is 42.9 Å². The quantitative estimate of drug-likeness (QED) is 0.213. The van der Waals surface area contributed by atoms with Crippen LogP contribution in [0.15, 0.2) is 42.9 Å². The van der Waals surface area contributed by atoms with Crippen LogP contribution in [0.1, 0.15) is 94.7 Å². The van der Waals surface area contributed by atoms with E-state index in [4.69, 9.17) is 14.7 Å². The standard InChI is InChI=1S/C40H49FN6O4/c1-27-17-32(9-10-35(27)50-3)40-14-11-39(12-15-40,13-16-40)26-46(37(48)30-7-5-4-6-8-30)36-18-33(34(41)21-43-36)31-20-44-47(24-31)28(2)25-51-38(49)45-22-29(19-42)23-45/h9-10,17-18,20-21,24,28-30H,4-8,11-16,22-23,25-26H2,1-3H3. The van der Waals surface area contributed by atoms with Gasteiger partial charge in [-0.2, -0.15) is 10.4 Å². The number of aromatic nitrogens is 3. The summed E-state index contributed by atoms with van der Waals surface area (Å²) in [6, 6.07) is 10.2. The Morgan fingerprint density at radius 2 is 1.80 bits per heavy atom. The van der Waals surface area contributed by atoms with E-state index >= 15 is 4.39 Å². The van der Waals surface area contributed by atoms with E-state index in [0.29, 0.717) is 36.6 Å². The molecule has 1 aliphatic heterocycles. The molecule has 4 aliphatic carbocycles. The molecule has 10 nitrogen and oxygen atoms in total. The maximum absolute atomic E-state index is 15.5. The van der Waals surface area contributed by atoms with Crippen LogP contribution < -0.4 is 9.64 Å². The molecule has 1 atom stereocenters. The minimum atomic E-state index is -0.486. The van der Waals surface area contributed by atoms with Crippen LogP contribution in [-0.2, 0) is 14.9 Å². The highest BCUT2D eigenvalue weighted by atomic mass is 19.1. The summed E-state index contributed by atoms with van der Waals surface area (Å²) in [6.07, 6.45) is 15.5. The summed E-state index contributed by atoms with van der Waals surface area (Å²) in [4.78, 5) is 34.7. The van der Waals surface area contributed by atoms with Crippen LogP contribution in [0.25, 0.3) is 11.1 Å². The molecule has 3 heterocycles. The van der Waals surface area contributed by atoms with Crippen molar-refractivity contribution in [2.45, 2.75) is 95.9 Å². The van der Waals surface area contributed by atoms with Crippen molar-refractivity contribution in [3.05, 3.63) is 59.8 Å². The first-order valence-corrected chi connectivity index (χ1v) is 18.6. The van der Waals surface area contributed by atoms with E-state index in [-0.39, 0.29) is 41.2 Å². The maximum Gasteiger partial charge on any atom is 0.409 e. The molecule has 0 spiro atoms. The van der Waals surface area contributed by atoms with Gasteiger partial charge in [0.25, 0.3) is 0 Å². The lowest BCUT2D eigenvalue weighted by Crippen LogP contribution is -2.51. The smallest absolute Gasteiger partial charge is 0.409 e. The van der Waals surface area contributed by atoms with Gasteiger partial charge in [0.1, 0.15) is 24.0 Å². The Labute approximate surface area is 299 Å². The number of amides is 2. The highest BCUT2D eigenvalue weighted by Crippen LogP contribution is 2.58. The largest absolute Gasteiger partial charge is 0.496 e. The summed E-state index contributed by atoms with van der Waals surface area (Å²) in [6.45, 7) is 5.41. The minimum Gasteiger partial charge on any atom is -0.496 e. The number of fused-ring (bicyclic) bond motifs is 3. The number of nitriles is 1. The van der Waals surface area contributed by atoms with Gasteiger partial charge >= 0.3 is 6.09 Å². The molecule has 1 saturated heterocycles. The molecule has 51 heavy (non-hydrogen) atoms. The fourth-order valence-corrected chi connectivity index (χ4v) is 8.90. The van der Waals surface area contributed by atoms with Crippen molar-refractivity contribution in [3.63, 3.8) is 0 Å². The number of ether oxygens (including phenoxy) is 2. The van der Waals surface area contributed by atoms with E-state index in [1.54, 1.807) is 30.3 Å². The topological polar surface area (TPSA) is 114 Å². The molecule has 8 rings (SSSR count). The van der Waals surface area contributed by atoms with Crippen molar-refractivity contribution < 1.29 is 23.5 Å². The molecule has 270 valence electrons. The predicted octanol–water partition coefficient (Wildman–Crippen LogP) is 7.76. The monoisotopic (exact) mass is 696 g/mol. The summed E-state index contributed by atoms with van der Waals surface area (Å²) < 4.78 is 28.2. The van der Waals surface area contributed by atoms with Crippen LogP contribution in [0.4, 0.5) is 15.0 Å². The lowest BCUT2D eigenvalue weighted by atomic mass is 9.51. The van der Waals surface area contributed by atoms with Crippen molar-refractivity contribution in [3.8, 4) is 22.9 Å². The number of likely N-dealkylation sites (tertiary alicyclic amines) is 1. The second kappa shape index (κ2) is 14.3. The van der Waals surface area contributed by atoms with Crippen LogP contribution in [0.3, 0.4) is 0 Å². The summed E-state index contributed by atoms with van der Waals surface area (Å²) in [7, 11) is 1.72. The van der Waals surface area contributed by atoms with Crippen molar-refractivity contribution in [1.82, 2.24) is 19.7 Å². The van der Waals surface area contributed by atoms with Gasteiger partial charge in [-0.25, -0.2) is 14.2 Å². The first-order chi connectivity index (χ1) is 24.6. The van der Waals surface area contributed by atoms with Gasteiger partial charge < -0.3 is 14.4 Å². The van der Waals surface area contributed by atoms with Gasteiger partial charge in [0.2, 0.25) is 5.91 Å². The molecule has 2 aromatic heterocycles. The Morgan fingerprint density at radius 3 is 2.47 bits per heavy atom. The molecule has 0 radical (unpaired) electrons. The zero-order chi connectivity index (χ0) is 35.8. The van der Waals surface area contributed by atoms with Crippen LogP contribution in [-0.4, -0.2) is 65.0 Å². The Kier molecular flexibility index (Phi) is 9.79. The first-order valence-electron chi connectivity index (χ1n) is 18.6. The molecule has 5 aliphatic rings. The van der Waals surface area contributed by atoms with Crippen molar-refractivity contribution >= 4 is 17.8 Å². The van der Waals surface area contributed by atoms with Crippen molar-refractivity contribution in [2.75, 3.05) is 38.3 Å². The maximum atomic E-state index is 15.5. The fraction of sp³-hybridized carbons (Fsp3) is 0.575. The number of anilines is 1. The van der Waals surface area contributed by atoms with E-state index in [9.17, 15) is 9.59 Å². The summed E-state index contributed by atoms with van der Waals surface area (Å²) in [5, 5.41) is 13.4. The number of aryl methyl sites for hydroxylation is 1. The van der Waals surface area contributed by atoms with Crippen LogP contribution in [0.2, 0.25) is 0 Å². The zero-order valence-corrected chi connectivity index (χ0v) is 30.1. The third-order valence-corrected chi connectivity index (χ3v) is 12.4. The number of hydrogen-bond acceptors (Lipinski definition) is 7. The van der Waals surface area contributed by atoms with E-state index in [2.05, 4.69) is 41.3 Å². The Bertz CT molecular complexity index is 1780. The lowest BCUT2D eigenvalue weighted by molar-refractivity contribution is -0.124. The molecule has 2 bridgehead atoms. The first kappa shape index (κ1) is 35.0. The van der Waals surface area contributed by atoms with Gasteiger partial charge in [0.15, 0.2) is 0 Å². The highest BCUT2D eigenvalue weighted by Gasteiger charge is 2.51. The molecule has 1 aromatic carbocycles. The fourth-order valence-electron chi connectivity index (χ4n) is 8.90. The number of carbonyl (C=O) groups is 2. The molecule has 3 aromatic rings. The SMILES string of the molecule is COc1ccc(C23CCC(CN(C(=O)C4CCCCC4)c4cc(-c5cnn(C(C)COC(=O)N6CC(C#N)C6)c5)c(F)cn4)(CC2)CC3)cc1C. The number of rotatable bonds is 10. The van der Waals surface area contributed by atoms with Crippen LogP contribution >= 0.6 is 0 Å². The molecule has 5 fully saturated rings. The number of pyridine rings is 1. The second-order valence-electron chi connectivity index (χ2n) is 15.6. The zero-order valence-electron chi connectivity index (χ0n) is 30.1. The molecule has 0 N–H and O–H groups in total. The van der Waals surface area contributed by atoms with Gasteiger partial charge in [-0.15, -0.1) is 0 Å². The molecule has 1 unspecified atom stereocenters. The number of nitrogens with zero attached hydrogens (tertiary/aromatic N) is 6. The number of hydrogen-bond donors (Lipinski definition) is 0. The minimum absolute atomic E-state index is 0.00680. The van der Waals surface area contributed by atoms with Gasteiger partial charge in [-0.3, -0.25) is 14.4 Å². The van der Waals surface area contributed by atoms with Crippen LogP contribution in [0.5, 0.6) is 5.75 Å². The van der Waals surface area contributed by atoms with Gasteiger partial charge in [-0.05, 0) is 99.3 Å². The number of methoxy groups -OCH3 is 1. The number of benzene rings is 1. The number of halogens is 1. The normalized spacial score (nSPS) is 24.0. The highest BCUT2D eigenvalue weighted by molar-refractivity contribution is 5.95. The van der Waals surface area contributed by atoms with Crippen LogP contribution in [0, 0.1) is 41.3 Å². The third kappa shape index (κ3) is 6.94. The van der Waals surface area contributed by atoms with E-state index in [1.807, 2.05) is 11.8 Å². The average molecular weight is 697 g/mol. The van der Waals surface area contributed by atoms with Gasteiger partial charge in [-0.1, -0.05) is 31.4 Å². The Hall–Kier alpha value is -4.46. The Balaban J connectivity index is 1.09. The molecule has 2 amide bonds. The molecular weight excluding hydrogens is 647 g/mol. The molecule has 4 saturated carbocycles. The van der Waals surface area contributed by atoms with Crippen molar-refractivity contribution in [2.24, 2.45) is 17.3 Å². The predicted molar refractivity (Wildman–Crippen MR) is 191 cm³/mol. The van der Waals surface area contributed by atoms with Gasteiger partial charge in [0.05, 0.1) is 37.5 Å². The average Bonchev–Trinajstić information content (AvgIpc) is 3.64. The Morgan fingerprint density at radius 1 is 1.08 bits per heavy atom. The van der Waals surface area contributed by atoms with Crippen molar-refractivity contribution in [1.29, 1.82) is 5.26 Å². The molecule has 11 heteroatoms. The van der Waals surface area contributed by atoms with E-state index in [0.717, 1.165) is 81.9 Å².